The topological polar surface area (TPSA) is 72.2 Å². The maximum atomic E-state index is 13.6. The number of nitrogens with one attached hydrogen (secondary N) is 1. The van der Waals surface area contributed by atoms with Crippen molar-refractivity contribution in [3.05, 3.63) is 44.6 Å². The van der Waals surface area contributed by atoms with Gasteiger partial charge in [0, 0.05) is 27.3 Å². The van der Waals surface area contributed by atoms with Gasteiger partial charge in [0.1, 0.15) is 5.82 Å². The summed E-state index contributed by atoms with van der Waals surface area (Å²) in [6.45, 7) is 0.217. The molecule has 0 amide bonds. The number of thiophene rings is 1. The molecule has 0 atom stereocenters. The molecule has 1 aromatic carbocycles. The Kier molecular flexibility index (Phi) is 4.43. The van der Waals surface area contributed by atoms with Gasteiger partial charge in [-0.05, 0) is 28.1 Å². The molecule has 0 aliphatic heterocycles. The van der Waals surface area contributed by atoms with Gasteiger partial charge < -0.3 is 5.73 Å². The molecule has 0 fully saturated rings. The fourth-order valence-electron chi connectivity index (χ4n) is 1.44. The van der Waals surface area contributed by atoms with Crippen LogP contribution < -0.4 is 10.5 Å². The average Bonchev–Trinajstić information content (AvgIpc) is 2.83. The third-order valence-electron chi connectivity index (χ3n) is 2.38. The first-order chi connectivity index (χ1) is 9.33. The lowest BCUT2D eigenvalue weighted by atomic mass is 10.3. The first-order valence-electron chi connectivity index (χ1n) is 5.28. The highest BCUT2D eigenvalue weighted by atomic mass is 79.9. The molecule has 2 aromatic rings. The van der Waals surface area contributed by atoms with E-state index < -0.39 is 21.7 Å². The molecule has 0 saturated heterocycles. The van der Waals surface area contributed by atoms with Crippen molar-refractivity contribution in [1.29, 1.82) is 0 Å². The van der Waals surface area contributed by atoms with Crippen LogP contribution in [-0.2, 0) is 16.6 Å². The van der Waals surface area contributed by atoms with Crippen LogP contribution in [0.25, 0.3) is 0 Å². The minimum absolute atomic E-state index is 0.0152. The molecular formula is C11H9BrF2N2O2S2. The van der Waals surface area contributed by atoms with Crippen molar-refractivity contribution >= 4 is 43.0 Å². The maximum absolute atomic E-state index is 13.6. The van der Waals surface area contributed by atoms with E-state index in [2.05, 4.69) is 20.7 Å². The Hall–Kier alpha value is -1.03. The second-order valence-electron chi connectivity index (χ2n) is 3.80. The summed E-state index contributed by atoms with van der Waals surface area (Å²) in [5.41, 5.74) is 5.07. The van der Waals surface area contributed by atoms with E-state index in [1.165, 1.54) is 22.8 Å². The third kappa shape index (κ3) is 3.17. The minimum Gasteiger partial charge on any atom is -0.326 e. The minimum atomic E-state index is -3.95. The van der Waals surface area contributed by atoms with Crippen LogP contribution in [0.3, 0.4) is 0 Å². The van der Waals surface area contributed by atoms with Crippen molar-refractivity contribution in [2.24, 2.45) is 5.73 Å². The molecule has 1 aromatic heterocycles. The standard InChI is InChI=1S/C11H9BrF2N2O2S2/c12-9-1-6(13)2-10(14)11(9)16-20(17,18)8-3-7(4-15)19-5-8/h1-3,5,16H,4,15H2. The summed E-state index contributed by atoms with van der Waals surface area (Å²) >= 11 is 4.11. The van der Waals surface area contributed by atoms with Gasteiger partial charge in [-0.15, -0.1) is 11.3 Å². The van der Waals surface area contributed by atoms with E-state index in [0.29, 0.717) is 10.9 Å². The summed E-state index contributed by atoms with van der Waals surface area (Å²) in [6.07, 6.45) is 0. The number of nitrogens with two attached hydrogens (primary N) is 1. The predicted octanol–water partition coefficient (Wildman–Crippen LogP) is 3.05. The molecule has 0 spiro atoms. The van der Waals surface area contributed by atoms with Crippen LogP contribution in [0.4, 0.5) is 14.5 Å². The van der Waals surface area contributed by atoms with Crippen molar-refractivity contribution in [1.82, 2.24) is 0 Å². The molecule has 0 radical (unpaired) electrons. The van der Waals surface area contributed by atoms with Crippen molar-refractivity contribution in [3.8, 4) is 0 Å². The summed E-state index contributed by atoms with van der Waals surface area (Å²) in [7, 11) is -3.95. The highest BCUT2D eigenvalue weighted by Gasteiger charge is 2.20. The Bertz CT molecular complexity index is 724. The Labute approximate surface area is 126 Å². The first kappa shape index (κ1) is 15.4. The van der Waals surface area contributed by atoms with Crippen LogP contribution in [0.2, 0.25) is 0 Å². The van der Waals surface area contributed by atoms with Crippen LogP contribution >= 0.6 is 27.3 Å². The fourth-order valence-corrected chi connectivity index (χ4v) is 4.32. The van der Waals surface area contributed by atoms with E-state index in [1.807, 2.05) is 0 Å². The van der Waals surface area contributed by atoms with Gasteiger partial charge in [-0.3, -0.25) is 4.72 Å². The third-order valence-corrected chi connectivity index (χ3v) is 5.45. The van der Waals surface area contributed by atoms with Gasteiger partial charge in [-0.25, -0.2) is 17.2 Å². The van der Waals surface area contributed by atoms with Gasteiger partial charge in [-0.2, -0.15) is 0 Å². The highest BCUT2D eigenvalue weighted by molar-refractivity contribution is 9.10. The molecule has 0 aliphatic carbocycles. The number of rotatable bonds is 4. The van der Waals surface area contributed by atoms with Gasteiger partial charge >= 0.3 is 0 Å². The number of benzene rings is 1. The van der Waals surface area contributed by atoms with Gasteiger partial charge in [-0.1, -0.05) is 0 Å². The number of halogens is 3. The van der Waals surface area contributed by atoms with Crippen molar-refractivity contribution in [2.75, 3.05) is 4.72 Å². The molecule has 1 heterocycles. The van der Waals surface area contributed by atoms with Crippen LogP contribution in [0.15, 0.2) is 32.9 Å². The predicted molar refractivity (Wildman–Crippen MR) is 77.1 cm³/mol. The molecule has 3 N–H and O–H groups in total. The number of hydrogen-bond acceptors (Lipinski definition) is 4. The van der Waals surface area contributed by atoms with Crippen LogP contribution in [0, 0.1) is 11.6 Å². The van der Waals surface area contributed by atoms with Gasteiger partial charge in [0.05, 0.1) is 10.6 Å². The van der Waals surface area contributed by atoms with E-state index in [0.717, 1.165) is 6.07 Å². The Morgan fingerprint density at radius 3 is 2.55 bits per heavy atom. The summed E-state index contributed by atoms with van der Waals surface area (Å²) in [5.74, 6) is -1.81. The Morgan fingerprint density at radius 1 is 1.30 bits per heavy atom. The average molecular weight is 383 g/mol. The highest BCUT2D eigenvalue weighted by Crippen LogP contribution is 2.30. The molecule has 20 heavy (non-hydrogen) atoms. The quantitative estimate of drug-likeness (QED) is 0.853. The van der Waals surface area contributed by atoms with Crippen molar-refractivity contribution in [3.63, 3.8) is 0 Å². The summed E-state index contributed by atoms with van der Waals surface area (Å²) in [4.78, 5) is 0.669. The molecule has 108 valence electrons. The van der Waals surface area contributed by atoms with Crippen molar-refractivity contribution in [2.45, 2.75) is 11.4 Å². The molecule has 2 rings (SSSR count). The smallest absolute Gasteiger partial charge is 0.262 e. The Balaban J connectivity index is 2.38. The lowest BCUT2D eigenvalue weighted by molar-refractivity contribution is 0.581. The number of sulfonamides is 1. The second kappa shape index (κ2) is 5.76. The zero-order valence-electron chi connectivity index (χ0n) is 9.86. The zero-order chi connectivity index (χ0) is 14.9. The van der Waals surface area contributed by atoms with E-state index in [4.69, 9.17) is 5.73 Å². The zero-order valence-corrected chi connectivity index (χ0v) is 13.1. The van der Waals surface area contributed by atoms with Crippen LogP contribution in [-0.4, -0.2) is 8.42 Å². The Morgan fingerprint density at radius 2 is 2.00 bits per heavy atom. The summed E-state index contributed by atoms with van der Waals surface area (Å²) in [5, 5.41) is 1.40. The van der Waals surface area contributed by atoms with Crippen LogP contribution in [0.1, 0.15) is 4.88 Å². The molecule has 0 bridgehead atoms. The lowest BCUT2D eigenvalue weighted by Gasteiger charge is -2.09. The maximum Gasteiger partial charge on any atom is 0.262 e. The van der Waals surface area contributed by atoms with E-state index >= 15 is 0 Å². The van der Waals surface area contributed by atoms with E-state index in [9.17, 15) is 17.2 Å². The number of hydrogen-bond donors (Lipinski definition) is 2. The molecule has 0 unspecified atom stereocenters. The largest absolute Gasteiger partial charge is 0.326 e. The summed E-state index contributed by atoms with van der Waals surface area (Å²) in [6, 6.07) is 2.98. The summed E-state index contributed by atoms with van der Waals surface area (Å²) < 4.78 is 52.8. The molecular weight excluding hydrogens is 374 g/mol. The lowest BCUT2D eigenvalue weighted by Crippen LogP contribution is -2.14. The van der Waals surface area contributed by atoms with E-state index in [-0.39, 0.29) is 21.6 Å². The first-order valence-corrected chi connectivity index (χ1v) is 8.44. The molecule has 0 aliphatic rings. The fraction of sp³-hybridized carbons (Fsp3) is 0.0909. The monoisotopic (exact) mass is 382 g/mol. The molecule has 0 saturated carbocycles. The van der Waals surface area contributed by atoms with Crippen LogP contribution in [0.5, 0.6) is 0 Å². The molecule has 9 heteroatoms. The second-order valence-corrected chi connectivity index (χ2v) is 7.34. The van der Waals surface area contributed by atoms with Gasteiger partial charge in [0.25, 0.3) is 10.0 Å². The number of anilines is 1. The molecule has 4 nitrogen and oxygen atoms in total. The van der Waals surface area contributed by atoms with Gasteiger partial charge in [0.15, 0.2) is 5.82 Å². The van der Waals surface area contributed by atoms with E-state index in [1.54, 1.807) is 0 Å². The SMILES string of the molecule is NCc1cc(S(=O)(=O)Nc2c(F)cc(F)cc2Br)cs1. The van der Waals surface area contributed by atoms with Gasteiger partial charge in [0.2, 0.25) is 0 Å². The van der Waals surface area contributed by atoms with Crippen molar-refractivity contribution < 1.29 is 17.2 Å². The normalized spacial score (nSPS) is 11.6.